The van der Waals surface area contributed by atoms with Crippen LogP contribution in [0, 0.1) is 0 Å². The van der Waals surface area contributed by atoms with Crippen molar-refractivity contribution in [2.75, 3.05) is 0 Å². The molecule has 8 heavy (non-hydrogen) atoms. The van der Waals surface area contributed by atoms with Crippen molar-refractivity contribution in [1.29, 1.82) is 0 Å². The molecule has 0 aromatic heterocycles. The fraction of sp³-hybridized carbons (Fsp3) is 0.167. The topological polar surface area (TPSA) is 38.4 Å². The summed E-state index contributed by atoms with van der Waals surface area (Å²) in [5, 5.41) is 0. The van der Waals surface area contributed by atoms with Gasteiger partial charge in [-0.3, -0.25) is 0 Å². The van der Waals surface area contributed by atoms with E-state index in [0.717, 1.165) is 0 Å². The molecule has 0 atom stereocenters. The van der Waals surface area contributed by atoms with Gasteiger partial charge in [-0.1, -0.05) is 12.2 Å². The number of aliphatic imine (C=N–C) groups is 1. The predicted molar refractivity (Wildman–Crippen MR) is 36.6 cm³/mol. The zero-order valence-corrected chi connectivity index (χ0v) is 4.96. The summed E-state index contributed by atoms with van der Waals surface area (Å²) < 4.78 is 0. The number of nitrogens with two attached hydrogens (primary N) is 1. The number of nitrogens with zero attached hydrogens (tertiary/aromatic N) is 1. The lowest BCUT2D eigenvalue weighted by Gasteiger charge is -1.82. The Bertz CT molecular complexity index is 122. The van der Waals surface area contributed by atoms with Crippen LogP contribution in [0.5, 0.6) is 0 Å². The van der Waals surface area contributed by atoms with Crippen LogP contribution in [0.4, 0.5) is 0 Å². The highest BCUT2D eigenvalue weighted by atomic mass is 14.9. The molecular formula is C6H10N2. The molecule has 44 valence electrons. The molecule has 2 heteroatoms. The standard InChI is InChI=1S/C6H10N2/c1-3-4-5-6(7)8-2/h3-5H,2,7H2,1H3/b4-3-,6-5-. The smallest absolute Gasteiger partial charge is 0.122 e. The maximum absolute atomic E-state index is 5.24. The minimum absolute atomic E-state index is 0.447. The van der Waals surface area contributed by atoms with Gasteiger partial charge in [0.2, 0.25) is 0 Å². The third-order valence-electron chi connectivity index (χ3n) is 0.642. The van der Waals surface area contributed by atoms with Gasteiger partial charge in [0.1, 0.15) is 5.82 Å². The zero-order chi connectivity index (χ0) is 6.41. The van der Waals surface area contributed by atoms with Crippen LogP contribution >= 0.6 is 0 Å². The molecule has 2 N–H and O–H groups in total. The van der Waals surface area contributed by atoms with E-state index < -0.39 is 0 Å². The van der Waals surface area contributed by atoms with E-state index in [2.05, 4.69) is 11.7 Å². The highest BCUT2D eigenvalue weighted by Crippen LogP contribution is 1.83. The summed E-state index contributed by atoms with van der Waals surface area (Å²) >= 11 is 0. The monoisotopic (exact) mass is 110 g/mol. The van der Waals surface area contributed by atoms with E-state index >= 15 is 0 Å². The number of rotatable bonds is 2. The van der Waals surface area contributed by atoms with Crippen molar-refractivity contribution in [1.82, 2.24) is 0 Å². The van der Waals surface area contributed by atoms with E-state index in [1.54, 1.807) is 6.08 Å². The van der Waals surface area contributed by atoms with E-state index in [-0.39, 0.29) is 0 Å². The third kappa shape index (κ3) is 3.15. The highest BCUT2D eigenvalue weighted by Gasteiger charge is 1.71. The number of hydrogen-bond acceptors (Lipinski definition) is 2. The summed E-state index contributed by atoms with van der Waals surface area (Å²) in [7, 11) is 0. The van der Waals surface area contributed by atoms with Gasteiger partial charge in [0, 0.05) is 0 Å². The molecular weight excluding hydrogens is 100 g/mol. The maximum Gasteiger partial charge on any atom is 0.122 e. The Balaban J connectivity index is 3.74. The molecule has 0 aliphatic heterocycles. The SMILES string of the molecule is C=N/C(N)=C\C=C/C. The first-order valence-electron chi connectivity index (χ1n) is 2.36. The summed E-state index contributed by atoms with van der Waals surface area (Å²) in [5.41, 5.74) is 5.24. The Kier molecular flexibility index (Phi) is 3.58. The summed E-state index contributed by atoms with van der Waals surface area (Å²) in [6.07, 6.45) is 5.37. The first kappa shape index (κ1) is 6.95. The van der Waals surface area contributed by atoms with Crippen molar-refractivity contribution in [2.24, 2.45) is 10.7 Å². The van der Waals surface area contributed by atoms with Crippen molar-refractivity contribution in [2.45, 2.75) is 6.92 Å². The predicted octanol–water partition coefficient (Wildman–Crippen LogP) is 1.06. The molecule has 0 aliphatic carbocycles. The number of allylic oxidation sites excluding steroid dienone is 3. The van der Waals surface area contributed by atoms with E-state index in [4.69, 9.17) is 5.73 Å². The lowest BCUT2D eigenvalue weighted by atomic mass is 10.5. The van der Waals surface area contributed by atoms with Gasteiger partial charge >= 0.3 is 0 Å². The van der Waals surface area contributed by atoms with E-state index in [0.29, 0.717) is 5.82 Å². The van der Waals surface area contributed by atoms with Crippen molar-refractivity contribution in [3.8, 4) is 0 Å². The van der Waals surface area contributed by atoms with Gasteiger partial charge in [0.25, 0.3) is 0 Å². The summed E-state index contributed by atoms with van der Waals surface area (Å²) in [4.78, 5) is 3.46. The van der Waals surface area contributed by atoms with Crippen LogP contribution in [0.3, 0.4) is 0 Å². The van der Waals surface area contributed by atoms with Gasteiger partial charge in [-0.25, -0.2) is 4.99 Å². The Hall–Kier alpha value is -1.05. The Morgan fingerprint density at radius 1 is 1.75 bits per heavy atom. The average Bonchev–Trinajstić information content (AvgIpc) is 1.83. The minimum atomic E-state index is 0.447. The minimum Gasteiger partial charge on any atom is -0.384 e. The Labute approximate surface area is 49.4 Å². The second kappa shape index (κ2) is 4.12. The van der Waals surface area contributed by atoms with Gasteiger partial charge in [-0.05, 0) is 19.7 Å². The average molecular weight is 110 g/mol. The quantitative estimate of drug-likeness (QED) is 0.419. The first-order valence-corrected chi connectivity index (χ1v) is 2.36. The molecule has 0 fully saturated rings. The van der Waals surface area contributed by atoms with Crippen molar-refractivity contribution >= 4 is 6.72 Å². The molecule has 0 saturated heterocycles. The van der Waals surface area contributed by atoms with Crippen LogP contribution < -0.4 is 5.73 Å². The zero-order valence-electron chi connectivity index (χ0n) is 4.96. The Morgan fingerprint density at radius 2 is 2.38 bits per heavy atom. The van der Waals surface area contributed by atoms with Gasteiger partial charge < -0.3 is 5.73 Å². The van der Waals surface area contributed by atoms with Gasteiger partial charge in [-0.2, -0.15) is 0 Å². The van der Waals surface area contributed by atoms with Gasteiger partial charge in [0.15, 0.2) is 0 Å². The summed E-state index contributed by atoms with van der Waals surface area (Å²) in [6, 6.07) is 0. The largest absolute Gasteiger partial charge is 0.384 e. The third-order valence-corrected chi connectivity index (χ3v) is 0.642. The van der Waals surface area contributed by atoms with Crippen LogP contribution in [-0.2, 0) is 0 Å². The highest BCUT2D eigenvalue weighted by molar-refractivity contribution is 5.28. The van der Waals surface area contributed by atoms with Crippen LogP contribution in [0.1, 0.15) is 6.92 Å². The van der Waals surface area contributed by atoms with Crippen molar-refractivity contribution in [3.63, 3.8) is 0 Å². The van der Waals surface area contributed by atoms with Crippen molar-refractivity contribution in [3.05, 3.63) is 24.0 Å². The fourth-order valence-electron chi connectivity index (χ4n) is 0.248. The van der Waals surface area contributed by atoms with E-state index in [1.165, 1.54) is 0 Å². The fourth-order valence-corrected chi connectivity index (χ4v) is 0.248. The van der Waals surface area contributed by atoms with Gasteiger partial charge in [0.05, 0.1) is 0 Å². The molecule has 0 saturated carbocycles. The molecule has 0 aliphatic rings. The molecule has 0 aromatic carbocycles. The molecule has 0 radical (unpaired) electrons. The van der Waals surface area contributed by atoms with Crippen LogP contribution in [0.25, 0.3) is 0 Å². The van der Waals surface area contributed by atoms with Crippen LogP contribution in [0.15, 0.2) is 29.0 Å². The molecule has 0 aromatic rings. The maximum atomic E-state index is 5.24. The van der Waals surface area contributed by atoms with E-state index in [1.807, 2.05) is 19.1 Å². The summed E-state index contributed by atoms with van der Waals surface area (Å²) in [6.45, 7) is 5.15. The lowest BCUT2D eigenvalue weighted by molar-refractivity contribution is 1.26. The molecule has 0 bridgehead atoms. The molecule has 0 spiro atoms. The molecule has 0 rings (SSSR count). The molecule has 0 unspecified atom stereocenters. The first-order chi connectivity index (χ1) is 3.81. The molecule has 0 amide bonds. The molecule has 2 nitrogen and oxygen atoms in total. The lowest BCUT2D eigenvalue weighted by Crippen LogP contribution is -1.89. The summed E-state index contributed by atoms with van der Waals surface area (Å²) in [5.74, 6) is 0.447. The Morgan fingerprint density at radius 3 is 2.75 bits per heavy atom. The molecule has 0 heterocycles. The van der Waals surface area contributed by atoms with Gasteiger partial charge in [-0.15, -0.1) is 0 Å². The second-order valence-corrected chi connectivity index (χ2v) is 1.28. The van der Waals surface area contributed by atoms with Crippen LogP contribution in [0.2, 0.25) is 0 Å². The second-order valence-electron chi connectivity index (χ2n) is 1.28. The number of hydrogen-bond donors (Lipinski definition) is 1. The van der Waals surface area contributed by atoms with Crippen LogP contribution in [-0.4, -0.2) is 6.72 Å². The van der Waals surface area contributed by atoms with Crippen molar-refractivity contribution < 1.29 is 0 Å². The van der Waals surface area contributed by atoms with E-state index in [9.17, 15) is 0 Å². The normalized spacial score (nSPS) is 12.4.